The highest BCUT2D eigenvalue weighted by atomic mass is 35.5. The Kier molecular flexibility index (Phi) is 10.5. The summed E-state index contributed by atoms with van der Waals surface area (Å²) in [5.41, 5.74) is -0.0532. The number of ether oxygens (including phenoxy) is 1. The monoisotopic (exact) mass is 643 g/mol. The van der Waals surface area contributed by atoms with Gasteiger partial charge in [0.2, 0.25) is 5.91 Å². The van der Waals surface area contributed by atoms with Gasteiger partial charge in [-0.05, 0) is 66.1 Å². The second-order valence-electron chi connectivity index (χ2n) is 12.4. The number of carbonyl (C=O) groups is 2. The van der Waals surface area contributed by atoms with E-state index in [0.717, 1.165) is 11.8 Å². The number of hydrogen-bond donors (Lipinski definition) is 3. The standard InChI is InChI=1S/C34H37Cl2F2N3O3/c1-33(2,3)18-27-34(19-39,24-16-13-21(35)17-26(24)37)29(23-8-6-9-25(36)30(23)38)31(41-27)32(43)40-22-14-11-20(12-15-22)7-5-10-28(42)44-4/h6,8-9,11-17,19,27,29,31,39,41H,5,7,10,18H2,1-4H3,(H,40,43)/t27-,29?,31+,34-/m0/s1. The van der Waals surface area contributed by atoms with Gasteiger partial charge in [0.1, 0.15) is 11.6 Å². The number of aryl methyl sites for hydroxylation is 1. The fourth-order valence-corrected chi connectivity index (χ4v) is 6.53. The molecule has 1 aliphatic rings. The molecule has 0 aliphatic carbocycles. The first-order valence-corrected chi connectivity index (χ1v) is 15.2. The van der Waals surface area contributed by atoms with Crippen LogP contribution in [0.2, 0.25) is 10.0 Å². The Balaban J connectivity index is 1.77. The maximum absolute atomic E-state index is 15.9. The molecule has 10 heteroatoms. The van der Waals surface area contributed by atoms with Gasteiger partial charge in [0, 0.05) is 40.9 Å². The van der Waals surface area contributed by atoms with E-state index in [4.69, 9.17) is 28.6 Å². The van der Waals surface area contributed by atoms with Crippen LogP contribution in [0.3, 0.4) is 0 Å². The van der Waals surface area contributed by atoms with Gasteiger partial charge >= 0.3 is 5.97 Å². The van der Waals surface area contributed by atoms with E-state index in [0.29, 0.717) is 31.4 Å². The molecule has 6 nitrogen and oxygen atoms in total. The molecule has 0 spiro atoms. The van der Waals surface area contributed by atoms with Gasteiger partial charge in [-0.15, -0.1) is 0 Å². The Bertz CT molecular complexity index is 1530. The normalized spacial score (nSPS) is 21.6. The topological polar surface area (TPSA) is 91.3 Å². The van der Waals surface area contributed by atoms with Crippen molar-refractivity contribution in [2.45, 2.75) is 69.9 Å². The van der Waals surface area contributed by atoms with Crippen molar-refractivity contribution in [1.82, 2.24) is 5.32 Å². The van der Waals surface area contributed by atoms with E-state index in [1.807, 2.05) is 32.9 Å². The van der Waals surface area contributed by atoms with Gasteiger partial charge in [-0.1, -0.05) is 74.3 Å². The van der Waals surface area contributed by atoms with Crippen molar-refractivity contribution < 1.29 is 23.1 Å². The van der Waals surface area contributed by atoms with Crippen LogP contribution >= 0.6 is 23.2 Å². The lowest BCUT2D eigenvalue weighted by Crippen LogP contribution is -2.46. The third-order valence-corrected chi connectivity index (χ3v) is 8.68. The SMILES string of the molecule is COC(=O)CCCc1ccc(NC(=O)[C@@H]2N[C@@H](CC(C)(C)C)[C@](C=N)(c3ccc(Cl)cc3F)C2c2cccc(Cl)c2F)cc1. The molecule has 1 fully saturated rings. The highest BCUT2D eigenvalue weighted by molar-refractivity contribution is 6.31. The molecule has 234 valence electrons. The van der Waals surface area contributed by atoms with Gasteiger partial charge < -0.3 is 20.8 Å². The van der Waals surface area contributed by atoms with Crippen LogP contribution in [0.4, 0.5) is 14.5 Å². The summed E-state index contributed by atoms with van der Waals surface area (Å²) in [5, 5.41) is 15.1. The molecule has 44 heavy (non-hydrogen) atoms. The first kappa shape index (κ1) is 33.6. The first-order valence-electron chi connectivity index (χ1n) is 14.4. The molecule has 0 saturated carbocycles. The fraction of sp³-hybridized carbons (Fsp3) is 0.382. The number of carbonyl (C=O) groups excluding carboxylic acids is 2. The number of esters is 1. The van der Waals surface area contributed by atoms with Crippen LogP contribution in [0.5, 0.6) is 0 Å². The van der Waals surface area contributed by atoms with Gasteiger partial charge in [-0.25, -0.2) is 8.78 Å². The molecule has 1 unspecified atom stereocenters. The summed E-state index contributed by atoms with van der Waals surface area (Å²) in [5.74, 6) is -3.16. The molecule has 0 aromatic heterocycles. The number of hydrogen-bond acceptors (Lipinski definition) is 5. The van der Waals surface area contributed by atoms with E-state index < -0.39 is 41.0 Å². The van der Waals surface area contributed by atoms with Crippen molar-refractivity contribution in [3.8, 4) is 0 Å². The minimum absolute atomic E-state index is 0.0976. The minimum atomic E-state index is -1.47. The van der Waals surface area contributed by atoms with Crippen molar-refractivity contribution in [3.63, 3.8) is 0 Å². The van der Waals surface area contributed by atoms with Crippen LogP contribution in [0.15, 0.2) is 60.7 Å². The van der Waals surface area contributed by atoms with Crippen molar-refractivity contribution in [2.75, 3.05) is 12.4 Å². The van der Waals surface area contributed by atoms with E-state index in [1.54, 1.807) is 18.2 Å². The van der Waals surface area contributed by atoms with E-state index in [9.17, 15) is 9.59 Å². The van der Waals surface area contributed by atoms with Crippen LogP contribution in [-0.2, 0) is 26.2 Å². The maximum atomic E-state index is 15.9. The maximum Gasteiger partial charge on any atom is 0.305 e. The first-order chi connectivity index (χ1) is 20.8. The quantitative estimate of drug-likeness (QED) is 0.155. The van der Waals surface area contributed by atoms with E-state index in [1.165, 1.54) is 37.4 Å². The molecule has 3 aromatic carbocycles. The largest absolute Gasteiger partial charge is 0.469 e. The Labute approximate surface area is 267 Å². The highest BCUT2D eigenvalue weighted by Crippen LogP contribution is 2.52. The second kappa shape index (κ2) is 13.8. The van der Waals surface area contributed by atoms with E-state index in [-0.39, 0.29) is 32.6 Å². The number of anilines is 1. The summed E-state index contributed by atoms with van der Waals surface area (Å²) in [6.45, 7) is 6.03. The summed E-state index contributed by atoms with van der Waals surface area (Å²) in [6, 6.07) is 14.3. The summed E-state index contributed by atoms with van der Waals surface area (Å²) < 4.78 is 36.4. The molecule has 1 heterocycles. The number of methoxy groups -OCH3 is 1. The predicted molar refractivity (Wildman–Crippen MR) is 171 cm³/mol. The van der Waals surface area contributed by atoms with Crippen LogP contribution < -0.4 is 10.6 Å². The molecular weight excluding hydrogens is 607 g/mol. The van der Waals surface area contributed by atoms with Gasteiger partial charge in [0.25, 0.3) is 0 Å². The highest BCUT2D eigenvalue weighted by Gasteiger charge is 2.59. The van der Waals surface area contributed by atoms with Gasteiger partial charge in [-0.3, -0.25) is 9.59 Å². The zero-order valence-electron chi connectivity index (χ0n) is 25.1. The molecule has 4 rings (SSSR count). The lowest BCUT2D eigenvalue weighted by Gasteiger charge is -2.40. The Morgan fingerprint density at radius 3 is 2.41 bits per heavy atom. The van der Waals surface area contributed by atoms with E-state index >= 15 is 8.78 Å². The Hall–Kier alpha value is -3.33. The molecule has 1 aliphatic heterocycles. The molecule has 3 N–H and O–H groups in total. The zero-order valence-corrected chi connectivity index (χ0v) is 26.7. The zero-order chi connectivity index (χ0) is 32.2. The van der Waals surface area contributed by atoms with Crippen molar-refractivity contribution in [2.24, 2.45) is 5.41 Å². The van der Waals surface area contributed by atoms with Gasteiger partial charge in [0.05, 0.1) is 23.6 Å². The van der Waals surface area contributed by atoms with Crippen molar-refractivity contribution in [1.29, 1.82) is 5.41 Å². The van der Waals surface area contributed by atoms with Gasteiger partial charge in [0.15, 0.2) is 0 Å². The number of benzene rings is 3. The van der Waals surface area contributed by atoms with Crippen LogP contribution in [-0.4, -0.2) is 37.3 Å². The summed E-state index contributed by atoms with van der Waals surface area (Å²) in [7, 11) is 1.35. The smallest absolute Gasteiger partial charge is 0.305 e. The average Bonchev–Trinajstić information content (AvgIpc) is 3.28. The third kappa shape index (κ3) is 7.14. The van der Waals surface area contributed by atoms with Gasteiger partial charge in [-0.2, -0.15) is 0 Å². The van der Waals surface area contributed by atoms with Crippen LogP contribution in [0, 0.1) is 22.5 Å². The summed E-state index contributed by atoms with van der Waals surface area (Å²) >= 11 is 12.3. The molecule has 1 saturated heterocycles. The molecule has 1 amide bonds. The molecule has 0 bridgehead atoms. The number of nitrogens with one attached hydrogen (secondary N) is 3. The third-order valence-electron chi connectivity index (χ3n) is 8.15. The average molecular weight is 645 g/mol. The minimum Gasteiger partial charge on any atom is -0.469 e. The lowest BCUT2D eigenvalue weighted by molar-refractivity contribution is -0.140. The van der Waals surface area contributed by atoms with Crippen molar-refractivity contribution in [3.05, 3.63) is 99.0 Å². The van der Waals surface area contributed by atoms with Crippen LogP contribution in [0.25, 0.3) is 0 Å². The summed E-state index contributed by atoms with van der Waals surface area (Å²) in [6.07, 6.45) is 3.16. The Morgan fingerprint density at radius 2 is 1.80 bits per heavy atom. The van der Waals surface area contributed by atoms with E-state index in [2.05, 4.69) is 15.4 Å². The number of rotatable bonds is 10. The lowest BCUT2D eigenvalue weighted by atomic mass is 9.62. The molecule has 4 atom stereocenters. The fourth-order valence-electron chi connectivity index (χ4n) is 6.19. The second-order valence-corrected chi connectivity index (χ2v) is 13.2. The predicted octanol–water partition coefficient (Wildman–Crippen LogP) is 7.85. The number of halogens is 4. The number of amides is 1. The van der Waals surface area contributed by atoms with Crippen LogP contribution in [0.1, 0.15) is 62.6 Å². The molecule has 3 aromatic rings. The molecule has 0 radical (unpaired) electrons. The Morgan fingerprint density at radius 1 is 1.09 bits per heavy atom. The van der Waals surface area contributed by atoms with Crippen molar-refractivity contribution >= 4 is 47.0 Å². The summed E-state index contributed by atoms with van der Waals surface area (Å²) in [4.78, 5) is 25.5. The molecular formula is C34H37Cl2F2N3O3.